The average Bonchev–Trinajstić information content (AvgIpc) is 3.48. The molecule has 0 aliphatic heterocycles. The van der Waals surface area contributed by atoms with Gasteiger partial charge in [0, 0.05) is 18.0 Å². The number of rotatable bonds is 10. The van der Waals surface area contributed by atoms with E-state index in [9.17, 15) is 15.2 Å². The van der Waals surface area contributed by atoms with Gasteiger partial charge in [0.2, 0.25) is 5.78 Å². The predicted octanol–water partition coefficient (Wildman–Crippen LogP) is 5.24. The highest BCUT2D eigenvalue weighted by molar-refractivity contribution is 5.70. The van der Waals surface area contributed by atoms with Crippen molar-refractivity contribution in [1.82, 2.24) is 19.2 Å². The summed E-state index contributed by atoms with van der Waals surface area (Å²) in [5.41, 5.74) is 5.23. The summed E-state index contributed by atoms with van der Waals surface area (Å²) in [6.07, 6.45) is 7.32. The van der Waals surface area contributed by atoms with Crippen LogP contribution in [-0.4, -0.2) is 43.1 Å². The van der Waals surface area contributed by atoms with Crippen molar-refractivity contribution in [3.05, 3.63) is 87.6 Å². The Labute approximate surface area is 234 Å². The fraction of sp³-hybridized carbons (Fsp3) is 0.438. The Bertz CT molecular complexity index is 1540. The number of hydrogen-bond donors (Lipinski definition) is 1. The Kier molecular flexibility index (Phi) is 8.73. The highest BCUT2D eigenvalue weighted by Crippen LogP contribution is 2.31. The van der Waals surface area contributed by atoms with E-state index in [0.29, 0.717) is 30.8 Å². The molecule has 1 saturated carbocycles. The zero-order valence-corrected chi connectivity index (χ0v) is 23.3. The second-order valence-electron chi connectivity index (χ2n) is 10.7. The van der Waals surface area contributed by atoms with E-state index >= 15 is 0 Å². The first kappa shape index (κ1) is 27.8. The smallest absolute Gasteiger partial charge is 0.259 e. The Hall–Kier alpha value is -3.80. The van der Waals surface area contributed by atoms with Gasteiger partial charge < -0.3 is 9.84 Å². The number of nitriles is 1. The number of fused-ring (bicyclic) bond motifs is 1. The summed E-state index contributed by atoms with van der Waals surface area (Å²) >= 11 is 0. The quantitative estimate of drug-likeness (QED) is 0.295. The van der Waals surface area contributed by atoms with Crippen LogP contribution in [0.2, 0.25) is 0 Å². The minimum absolute atomic E-state index is 0.00799. The molecular formula is C32H37N5O3. The molecule has 0 bridgehead atoms. The Morgan fingerprint density at radius 1 is 1.10 bits per heavy atom. The van der Waals surface area contributed by atoms with Crippen LogP contribution >= 0.6 is 0 Å². The van der Waals surface area contributed by atoms with Crippen LogP contribution in [0.5, 0.6) is 0 Å². The topological polar surface area (TPSA) is 105 Å². The van der Waals surface area contributed by atoms with Crippen LogP contribution in [0.4, 0.5) is 0 Å². The molecule has 0 spiro atoms. The summed E-state index contributed by atoms with van der Waals surface area (Å²) in [4.78, 5) is 18.7. The Balaban J connectivity index is 1.45. The molecular weight excluding hydrogens is 502 g/mol. The first-order valence-corrected chi connectivity index (χ1v) is 14.4. The van der Waals surface area contributed by atoms with E-state index in [0.717, 1.165) is 66.5 Å². The zero-order chi connectivity index (χ0) is 28.1. The van der Waals surface area contributed by atoms with Crippen LogP contribution in [0.3, 0.4) is 0 Å². The van der Waals surface area contributed by atoms with Crippen LogP contribution in [0.15, 0.2) is 59.7 Å². The van der Waals surface area contributed by atoms with Crippen LogP contribution < -0.4 is 5.56 Å². The zero-order valence-electron chi connectivity index (χ0n) is 23.3. The van der Waals surface area contributed by atoms with Gasteiger partial charge in [-0.15, -0.1) is 0 Å². The average molecular weight is 540 g/mol. The van der Waals surface area contributed by atoms with Crippen molar-refractivity contribution in [3.63, 3.8) is 0 Å². The van der Waals surface area contributed by atoms with Gasteiger partial charge in [-0.2, -0.15) is 15.3 Å². The van der Waals surface area contributed by atoms with Crippen molar-refractivity contribution in [2.45, 2.75) is 83.5 Å². The molecule has 1 atom stereocenters. The molecule has 0 radical (unpaired) electrons. The van der Waals surface area contributed by atoms with Crippen LogP contribution in [0.25, 0.3) is 16.9 Å². The van der Waals surface area contributed by atoms with Crippen LogP contribution in [0, 0.1) is 11.3 Å². The summed E-state index contributed by atoms with van der Waals surface area (Å²) in [6, 6.07) is 18.0. The van der Waals surface area contributed by atoms with Crippen molar-refractivity contribution in [2.75, 3.05) is 6.61 Å². The van der Waals surface area contributed by atoms with E-state index in [-0.39, 0.29) is 17.7 Å². The molecule has 0 amide bonds. The van der Waals surface area contributed by atoms with Crippen molar-refractivity contribution >= 4 is 5.78 Å². The molecule has 208 valence electrons. The molecule has 2 heterocycles. The lowest BCUT2D eigenvalue weighted by atomic mass is 9.92. The molecule has 1 aliphatic carbocycles. The fourth-order valence-electron chi connectivity index (χ4n) is 5.75. The summed E-state index contributed by atoms with van der Waals surface area (Å²) in [7, 11) is 0. The number of benzene rings is 2. The van der Waals surface area contributed by atoms with Crippen molar-refractivity contribution in [3.8, 4) is 17.2 Å². The summed E-state index contributed by atoms with van der Waals surface area (Å²) in [6.45, 7) is 4.41. The lowest BCUT2D eigenvalue weighted by Crippen LogP contribution is -2.35. The predicted molar refractivity (Wildman–Crippen MR) is 154 cm³/mol. The van der Waals surface area contributed by atoms with Crippen molar-refractivity contribution in [1.29, 1.82) is 5.26 Å². The first-order valence-electron chi connectivity index (χ1n) is 14.4. The monoisotopic (exact) mass is 539 g/mol. The number of hydrogen-bond acceptors (Lipinski definition) is 6. The maximum absolute atomic E-state index is 14.2. The maximum Gasteiger partial charge on any atom is 0.259 e. The summed E-state index contributed by atoms with van der Waals surface area (Å²) in [5, 5.41) is 23.9. The number of ether oxygens (including phenoxy) is 1. The number of aliphatic hydroxyl groups excluding tert-OH is 1. The molecule has 40 heavy (non-hydrogen) atoms. The molecule has 1 N–H and O–H groups in total. The van der Waals surface area contributed by atoms with E-state index in [1.807, 2.05) is 64.5 Å². The minimum Gasteiger partial charge on any atom is -0.391 e. The third-order valence-electron chi connectivity index (χ3n) is 8.01. The Morgan fingerprint density at radius 3 is 2.55 bits per heavy atom. The Morgan fingerprint density at radius 2 is 1.85 bits per heavy atom. The van der Waals surface area contributed by atoms with Gasteiger partial charge in [0.05, 0.1) is 36.1 Å². The van der Waals surface area contributed by atoms with Crippen LogP contribution in [-0.2, 0) is 17.6 Å². The van der Waals surface area contributed by atoms with Gasteiger partial charge in [0.1, 0.15) is 6.33 Å². The molecule has 2 aromatic heterocycles. The van der Waals surface area contributed by atoms with Crippen molar-refractivity contribution < 1.29 is 9.84 Å². The van der Waals surface area contributed by atoms with E-state index in [2.05, 4.69) is 23.1 Å². The minimum atomic E-state index is -0.431. The largest absolute Gasteiger partial charge is 0.391 e. The van der Waals surface area contributed by atoms with E-state index in [1.54, 1.807) is 0 Å². The van der Waals surface area contributed by atoms with E-state index in [4.69, 9.17) is 4.74 Å². The van der Waals surface area contributed by atoms with Crippen molar-refractivity contribution in [2.24, 2.45) is 0 Å². The number of nitrogens with zero attached hydrogens (tertiary/aromatic N) is 5. The number of aromatic nitrogens is 4. The highest BCUT2D eigenvalue weighted by atomic mass is 16.5. The van der Waals surface area contributed by atoms with Gasteiger partial charge >= 0.3 is 0 Å². The number of aryl methyl sites for hydroxylation is 1. The van der Waals surface area contributed by atoms with Crippen LogP contribution in [0.1, 0.15) is 80.8 Å². The fourth-order valence-corrected chi connectivity index (χ4v) is 5.75. The molecule has 4 aromatic rings. The third-order valence-corrected chi connectivity index (χ3v) is 8.01. The van der Waals surface area contributed by atoms with Gasteiger partial charge in [-0.05, 0) is 61.3 Å². The van der Waals surface area contributed by atoms with Gasteiger partial charge in [-0.25, -0.2) is 4.52 Å². The molecule has 1 fully saturated rings. The molecule has 0 saturated heterocycles. The molecule has 5 rings (SSSR count). The van der Waals surface area contributed by atoms with Gasteiger partial charge in [0.15, 0.2) is 0 Å². The lowest BCUT2D eigenvalue weighted by Gasteiger charge is -2.31. The molecule has 1 unspecified atom stereocenters. The lowest BCUT2D eigenvalue weighted by molar-refractivity contribution is -0.0293. The molecule has 1 aliphatic rings. The SMILES string of the molecule is CCCc1c(Cc2ccc(-c3ccccc3C#N)cc2)c(=O)n([C@H]2CC[C@H](OCC(O)CC)CC2)c2ncnn12. The third kappa shape index (κ3) is 5.72. The molecule has 8 nitrogen and oxygen atoms in total. The molecule has 8 heteroatoms. The molecule has 2 aromatic carbocycles. The van der Waals surface area contributed by atoms with Gasteiger partial charge in [0.25, 0.3) is 5.56 Å². The maximum atomic E-state index is 14.2. The normalized spacial score (nSPS) is 18.1. The first-order chi connectivity index (χ1) is 19.5. The highest BCUT2D eigenvalue weighted by Gasteiger charge is 2.28. The number of aliphatic hydroxyl groups is 1. The van der Waals surface area contributed by atoms with Gasteiger partial charge in [-0.1, -0.05) is 62.7 Å². The van der Waals surface area contributed by atoms with E-state index in [1.165, 1.54) is 6.33 Å². The summed E-state index contributed by atoms with van der Waals surface area (Å²) < 4.78 is 9.66. The van der Waals surface area contributed by atoms with E-state index < -0.39 is 6.10 Å². The second-order valence-corrected chi connectivity index (χ2v) is 10.7. The summed E-state index contributed by atoms with van der Waals surface area (Å²) in [5.74, 6) is 0.603. The standard InChI is InChI=1S/C32H37N5O3/c1-3-7-30-29(18-22-10-12-23(13-11-22)28-9-6-5-8-24(28)19-33)31(39)36(32-34-21-35-37(30)32)25-14-16-27(17-15-25)40-20-26(38)4-2/h5-6,8-13,21,25-27,38H,3-4,7,14-18,20H2,1-2H3/t25-,26?,27-. The second kappa shape index (κ2) is 12.6. The van der Waals surface area contributed by atoms with Gasteiger partial charge in [-0.3, -0.25) is 9.36 Å².